The van der Waals surface area contributed by atoms with Crippen molar-refractivity contribution in [1.82, 2.24) is 5.32 Å². The highest BCUT2D eigenvalue weighted by molar-refractivity contribution is 7.45. The van der Waals surface area contributed by atoms with Crippen LogP contribution in [-0.4, -0.2) is 30.2 Å². The SMILES string of the molecule is O=C(Nc1ccc(Cl)c(F)c1)c1cccc([P+](=O)[O-])c1.OC1CCNCC1. The van der Waals surface area contributed by atoms with Crippen LogP contribution in [-0.2, 0) is 4.57 Å². The van der Waals surface area contributed by atoms with Crippen LogP contribution in [0.25, 0.3) is 0 Å². The molecule has 1 atom stereocenters. The first kappa shape index (κ1) is 21.4. The van der Waals surface area contributed by atoms with E-state index in [1.807, 2.05) is 0 Å². The Bertz CT molecular complexity index is 816. The number of nitrogens with one attached hydrogen (secondary N) is 2. The summed E-state index contributed by atoms with van der Waals surface area (Å²) >= 11 is 5.53. The Kier molecular flexibility index (Phi) is 8.28. The molecule has 1 amide bonds. The lowest BCUT2D eigenvalue weighted by atomic mass is 10.1. The number of halogens is 2. The Morgan fingerprint density at radius 1 is 1.26 bits per heavy atom. The largest absolute Gasteiger partial charge is 0.591 e. The van der Waals surface area contributed by atoms with Gasteiger partial charge in [-0.1, -0.05) is 22.2 Å². The van der Waals surface area contributed by atoms with Crippen molar-refractivity contribution in [3.8, 4) is 0 Å². The number of anilines is 1. The molecule has 1 aliphatic rings. The number of carbonyl (C=O) groups excluding carboxylic acids is 1. The lowest BCUT2D eigenvalue weighted by Crippen LogP contribution is -2.30. The van der Waals surface area contributed by atoms with E-state index in [-0.39, 0.29) is 27.7 Å². The van der Waals surface area contributed by atoms with Crippen molar-refractivity contribution >= 4 is 36.5 Å². The highest BCUT2D eigenvalue weighted by Gasteiger charge is 2.13. The van der Waals surface area contributed by atoms with E-state index < -0.39 is 19.8 Å². The molecule has 0 radical (unpaired) electrons. The summed E-state index contributed by atoms with van der Waals surface area (Å²) in [5.41, 5.74) is 0.394. The maximum absolute atomic E-state index is 13.2. The maximum Gasteiger partial charge on any atom is 0.348 e. The van der Waals surface area contributed by atoms with Crippen LogP contribution in [0.2, 0.25) is 5.02 Å². The number of rotatable bonds is 3. The zero-order chi connectivity index (χ0) is 19.8. The Morgan fingerprint density at radius 2 is 1.96 bits per heavy atom. The van der Waals surface area contributed by atoms with Gasteiger partial charge in [0.15, 0.2) is 5.30 Å². The monoisotopic (exact) mass is 412 g/mol. The van der Waals surface area contributed by atoms with Crippen LogP contribution in [0.3, 0.4) is 0 Å². The third-order valence-corrected chi connectivity index (χ3v) is 4.81. The number of hydrogen-bond donors (Lipinski definition) is 3. The number of aliphatic hydroxyl groups excluding tert-OH is 1. The number of aliphatic hydroxyl groups is 1. The van der Waals surface area contributed by atoms with Crippen molar-refractivity contribution in [2.45, 2.75) is 18.9 Å². The topological polar surface area (TPSA) is 101 Å². The van der Waals surface area contributed by atoms with Gasteiger partial charge >= 0.3 is 8.03 Å². The Balaban J connectivity index is 0.000000313. The van der Waals surface area contributed by atoms with Crippen LogP contribution >= 0.6 is 19.6 Å². The van der Waals surface area contributed by atoms with Gasteiger partial charge in [0, 0.05) is 17.3 Å². The van der Waals surface area contributed by atoms with Gasteiger partial charge in [0.05, 0.1) is 11.1 Å². The second kappa shape index (κ2) is 10.4. The lowest BCUT2D eigenvalue weighted by Gasteiger charge is -2.16. The van der Waals surface area contributed by atoms with Crippen molar-refractivity contribution in [3.63, 3.8) is 0 Å². The minimum atomic E-state index is -2.76. The van der Waals surface area contributed by atoms with E-state index in [2.05, 4.69) is 10.6 Å². The first-order valence-electron chi connectivity index (χ1n) is 8.26. The average molecular weight is 413 g/mol. The molecule has 2 aromatic rings. The fourth-order valence-corrected chi connectivity index (χ4v) is 2.91. The molecule has 0 aromatic heterocycles. The number of hydrogen-bond acceptors (Lipinski definition) is 5. The van der Waals surface area contributed by atoms with Crippen molar-refractivity contribution in [3.05, 3.63) is 58.9 Å². The van der Waals surface area contributed by atoms with Gasteiger partial charge in [-0.15, -0.1) is 0 Å². The second-order valence-electron chi connectivity index (χ2n) is 5.87. The Hall–Kier alpha value is -1.89. The van der Waals surface area contributed by atoms with Crippen LogP contribution in [0.1, 0.15) is 23.2 Å². The fourth-order valence-electron chi connectivity index (χ4n) is 2.34. The predicted octanol–water partition coefficient (Wildman–Crippen LogP) is 2.19. The van der Waals surface area contributed by atoms with Gasteiger partial charge < -0.3 is 20.6 Å². The molecular weight excluding hydrogens is 394 g/mol. The summed E-state index contributed by atoms with van der Waals surface area (Å²) in [4.78, 5) is 22.8. The van der Waals surface area contributed by atoms with E-state index in [1.54, 1.807) is 0 Å². The zero-order valence-corrected chi connectivity index (χ0v) is 16.0. The van der Waals surface area contributed by atoms with Crippen LogP contribution in [0.5, 0.6) is 0 Å². The molecule has 0 spiro atoms. The molecule has 1 unspecified atom stereocenters. The summed E-state index contributed by atoms with van der Waals surface area (Å²) in [5.74, 6) is -1.19. The van der Waals surface area contributed by atoms with Gasteiger partial charge in [-0.2, -0.15) is 0 Å². The van der Waals surface area contributed by atoms with E-state index in [0.717, 1.165) is 32.0 Å². The maximum atomic E-state index is 13.2. The van der Waals surface area contributed by atoms with Gasteiger partial charge in [-0.05, 0) is 56.3 Å². The molecule has 1 fully saturated rings. The first-order chi connectivity index (χ1) is 12.9. The predicted molar refractivity (Wildman–Crippen MR) is 101 cm³/mol. The summed E-state index contributed by atoms with van der Waals surface area (Å²) in [7, 11) is -2.76. The van der Waals surface area contributed by atoms with E-state index in [0.29, 0.717) is 0 Å². The summed E-state index contributed by atoms with van der Waals surface area (Å²) in [6.07, 6.45) is 1.83. The van der Waals surface area contributed by atoms with Gasteiger partial charge in [0.1, 0.15) is 5.82 Å². The summed E-state index contributed by atoms with van der Waals surface area (Å²) in [5, 5.41) is 14.5. The van der Waals surface area contributed by atoms with Crippen LogP contribution in [0.4, 0.5) is 10.1 Å². The van der Waals surface area contributed by atoms with Gasteiger partial charge in [-0.25, -0.2) is 4.39 Å². The highest BCUT2D eigenvalue weighted by Crippen LogP contribution is 2.19. The molecule has 9 heteroatoms. The zero-order valence-electron chi connectivity index (χ0n) is 14.3. The number of carbonyl (C=O) groups is 1. The number of piperidine rings is 1. The summed E-state index contributed by atoms with van der Waals surface area (Å²) < 4.78 is 24.1. The average Bonchev–Trinajstić information content (AvgIpc) is 2.66. The van der Waals surface area contributed by atoms with Crippen LogP contribution in [0.15, 0.2) is 42.5 Å². The van der Waals surface area contributed by atoms with E-state index in [9.17, 15) is 18.6 Å². The number of benzene rings is 2. The van der Waals surface area contributed by atoms with E-state index in [4.69, 9.17) is 16.7 Å². The standard InChI is InChI=1S/C13H8ClFNO3P.C5H11NO/c14-11-5-4-9(7-12(11)15)16-13(17)8-2-1-3-10(6-8)20(18)19;7-5-1-3-6-4-2-5/h1-7H,(H,16,17);5-7H,1-4H2. The molecule has 1 saturated heterocycles. The Labute approximate surface area is 162 Å². The normalized spacial score (nSPS) is 14.7. The molecule has 2 aromatic carbocycles. The molecule has 0 saturated carbocycles. The van der Waals surface area contributed by atoms with E-state index in [1.165, 1.54) is 36.4 Å². The molecule has 144 valence electrons. The van der Waals surface area contributed by atoms with Crippen molar-refractivity contribution < 1.29 is 23.7 Å². The van der Waals surface area contributed by atoms with Crippen molar-refractivity contribution in [2.24, 2.45) is 0 Å². The molecule has 0 aliphatic carbocycles. The third-order valence-electron chi connectivity index (χ3n) is 3.81. The minimum absolute atomic E-state index is 0.0266. The molecule has 1 heterocycles. The van der Waals surface area contributed by atoms with Gasteiger partial charge in [0.2, 0.25) is 0 Å². The molecule has 1 aliphatic heterocycles. The van der Waals surface area contributed by atoms with Crippen molar-refractivity contribution in [1.29, 1.82) is 0 Å². The molecule has 3 rings (SSSR count). The Morgan fingerprint density at radius 3 is 2.52 bits per heavy atom. The quantitative estimate of drug-likeness (QED) is 0.671. The van der Waals surface area contributed by atoms with Gasteiger partial charge in [-0.3, -0.25) is 4.79 Å². The lowest BCUT2D eigenvalue weighted by molar-refractivity contribution is -0.160. The highest BCUT2D eigenvalue weighted by atomic mass is 35.5. The molecule has 3 N–H and O–H groups in total. The minimum Gasteiger partial charge on any atom is -0.591 e. The van der Waals surface area contributed by atoms with E-state index >= 15 is 0 Å². The van der Waals surface area contributed by atoms with Gasteiger partial charge in [0.25, 0.3) is 5.91 Å². The second-order valence-corrected chi connectivity index (χ2v) is 7.31. The molecule has 27 heavy (non-hydrogen) atoms. The van der Waals surface area contributed by atoms with Crippen LogP contribution < -0.4 is 20.8 Å². The summed E-state index contributed by atoms with van der Waals surface area (Å²) in [6.45, 7) is 1.97. The van der Waals surface area contributed by atoms with Crippen LogP contribution in [0, 0.1) is 5.82 Å². The smallest absolute Gasteiger partial charge is 0.348 e. The molecule has 0 bridgehead atoms. The molecular formula is C18H19ClFN2O4P. The summed E-state index contributed by atoms with van der Waals surface area (Å²) in [6, 6.07) is 9.39. The third kappa shape index (κ3) is 6.97. The fraction of sp³-hybridized carbons (Fsp3) is 0.278. The first-order valence-corrected chi connectivity index (χ1v) is 9.82. The molecule has 6 nitrogen and oxygen atoms in total. The van der Waals surface area contributed by atoms with Crippen molar-refractivity contribution in [2.75, 3.05) is 18.4 Å². The number of amides is 1.